The number of pyridine rings is 1. The zero-order chi connectivity index (χ0) is 28.5. The third kappa shape index (κ3) is 6.78. The highest BCUT2D eigenvalue weighted by Gasteiger charge is 2.24. The number of ether oxygens (including phenoxy) is 1. The van der Waals surface area contributed by atoms with Gasteiger partial charge in [0.05, 0.1) is 12.3 Å². The second-order valence-electron chi connectivity index (χ2n) is 9.92. The van der Waals surface area contributed by atoms with E-state index in [-0.39, 0.29) is 5.56 Å². The lowest BCUT2D eigenvalue weighted by atomic mass is 9.90. The molecule has 40 heavy (non-hydrogen) atoms. The molecule has 0 radical (unpaired) electrons. The average molecular weight is 535 g/mol. The highest BCUT2D eigenvalue weighted by molar-refractivity contribution is 6.10. The van der Waals surface area contributed by atoms with Crippen LogP contribution in [0.3, 0.4) is 0 Å². The maximum atomic E-state index is 13.7. The van der Waals surface area contributed by atoms with Crippen LogP contribution in [0.2, 0.25) is 0 Å². The molecule has 1 amide bonds. The number of carbonyl (C=O) groups excluding carboxylic acids is 1. The van der Waals surface area contributed by atoms with Crippen molar-refractivity contribution in [2.75, 3.05) is 11.9 Å². The van der Waals surface area contributed by atoms with Crippen LogP contribution in [0.1, 0.15) is 67.1 Å². The minimum Gasteiger partial charge on any atom is -0.494 e. The smallest absolute Gasteiger partial charge is 0.261 e. The second-order valence-corrected chi connectivity index (χ2v) is 9.92. The normalized spacial score (nSPS) is 11.1. The fraction of sp³-hybridized carbons (Fsp3) is 0.257. The maximum Gasteiger partial charge on any atom is 0.261 e. The summed E-state index contributed by atoms with van der Waals surface area (Å²) < 4.78 is 5.51. The van der Waals surface area contributed by atoms with Crippen molar-refractivity contribution in [1.82, 2.24) is 4.98 Å². The molecule has 4 aromatic rings. The summed E-state index contributed by atoms with van der Waals surface area (Å²) in [6.45, 7) is 8.63. The molecule has 0 fully saturated rings. The Morgan fingerprint density at radius 2 is 1.57 bits per heavy atom. The summed E-state index contributed by atoms with van der Waals surface area (Å²) in [5.74, 6) is 0.249. The molecular formula is C35H38N2O3. The van der Waals surface area contributed by atoms with Crippen molar-refractivity contribution in [2.45, 2.75) is 53.4 Å². The van der Waals surface area contributed by atoms with E-state index in [0.29, 0.717) is 23.6 Å². The Morgan fingerprint density at radius 1 is 0.900 bits per heavy atom. The van der Waals surface area contributed by atoms with Crippen molar-refractivity contribution in [3.63, 3.8) is 0 Å². The van der Waals surface area contributed by atoms with Crippen LogP contribution in [0.25, 0.3) is 28.5 Å². The summed E-state index contributed by atoms with van der Waals surface area (Å²) in [5, 5.41) is 2.91. The molecule has 4 rings (SSSR count). The van der Waals surface area contributed by atoms with Crippen LogP contribution >= 0.6 is 0 Å². The molecule has 2 N–H and O–H groups in total. The number of H-pyrrole nitrogens is 1. The maximum absolute atomic E-state index is 13.7. The molecule has 0 saturated heterocycles. The number of aromatic amines is 1. The van der Waals surface area contributed by atoms with Gasteiger partial charge in [-0.1, -0.05) is 86.0 Å². The number of amides is 1. The van der Waals surface area contributed by atoms with Gasteiger partial charge in [0.15, 0.2) is 0 Å². The van der Waals surface area contributed by atoms with E-state index in [4.69, 9.17) is 4.74 Å². The van der Waals surface area contributed by atoms with Crippen molar-refractivity contribution in [1.29, 1.82) is 0 Å². The number of aromatic nitrogens is 1. The number of unbranched alkanes of at least 4 members (excludes halogenated alkanes) is 2. The van der Waals surface area contributed by atoms with E-state index in [1.165, 1.54) is 18.4 Å². The van der Waals surface area contributed by atoms with Crippen LogP contribution in [0.4, 0.5) is 5.69 Å². The SMILES string of the molecule is CC=Cc1c(-c2ccc(CCCCC)cc2)[nH]c(=O)c(C(=O)Nc2ccc(OCC)cc2)c1-c1ccc(C)cc1. The molecule has 5 heteroatoms. The minimum atomic E-state index is -0.468. The number of benzene rings is 3. The summed E-state index contributed by atoms with van der Waals surface area (Å²) in [6.07, 6.45) is 8.48. The molecule has 206 valence electrons. The number of hydrogen-bond acceptors (Lipinski definition) is 3. The van der Waals surface area contributed by atoms with E-state index < -0.39 is 11.5 Å². The lowest BCUT2D eigenvalue weighted by Crippen LogP contribution is -2.26. The summed E-state index contributed by atoms with van der Waals surface area (Å²) in [5.41, 5.74) is 6.39. The highest BCUT2D eigenvalue weighted by Crippen LogP contribution is 2.34. The lowest BCUT2D eigenvalue weighted by Gasteiger charge is -2.17. The van der Waals surface area contributed by atoms with Gasteiger partial charge < -0.3 is 15.0 Å². The van der Waals surface area contributed by atoms with Crippen molar-refractivity contribution >= 4 is 17.7 Å². The quantitative estimate of drug-likeness (QED) is 0.190. The minimum absolute atomic E-state index is 0.0748. The van der Waals surface area contributed by atoms with Crippen LogP contribution in [0.5, 0.6) is 5.75 Å². The van der Waals surface area contributed by atoms with Crippen LogP contribution in [-0.4, -0.2) is 17.5 Å². The zero-order valence-corrected chi connectivity index (χ0v) is 23.8. The third-order valence-electron chi connectivity index (χ3n) is 6.89. The summed E-state index contributed by atoms with van der Waals surface area (Å²) in [4.78, 5) is 30.4. The average Bonchev–Trinajstić information content (AvgIpc) is 2.96. The van der Waals surface area contributed by atoms with Crippen LogP contribution in [0, 0.1) is 6.92 Å². The summed E-state index contributed by atoms with van der Waals surface area (Å²) in [7, 11) is 0. The fourth-order valence-corrected chi connectivity index (χ4v) is 4.83. The predicted molar refractivity (Wildman–Crippen MR) is 166 cm³/mol. The van der Waals surface area contributed by atoms with Crippen molar-refractivity contribution in [2.24, 2.45) is 0 Å². The predicted octanol–water partition coefficient (Wildman–Crippen LogP) is 8.43. The van der Waals surface area contributed by atoms with E-state index in [1.54, 1.807) is 24.3 Å². The summed E-state index contributed by atoms with van der Waals surface area (Å²) >= 11 is 0. The molecule has 0 aliphatic heterocycles. The van der Waals surface area contributed by atoms with Gasteiger partial charge in [0.25, 0.3) is 11.5 Å². The number of aryl methyl sites for hydroxylation is 2. The molecule has 0 aliphatic carbocycles. The molecule has 0 aliphatic rings. The van der Waals surface area contributed by atoms with Gasteiger partial charge in [0.2, 0.25) is 0 Å². The molecule has 0 spiro atoms. The monoisotopic (exact) mass is 534 g/mol. The number of hydrogen-bond donors (Lipinski definition) is 2. The first-order chi connectivity index (χ1) is 19.4. The first-order valence-electron chi connectivity index (χ1n) is 14.1. The Labute approximate surface area is 236 Å². The number of nitrogens with one attached hydrogen (secondary N) is 2. The van der Waals surface area contributed by atoms with Crippen molar-refractivity contribution in [3.8, 4) is 28.1 Å². The summed E-state index contributed by atoms with van der Waals surface area (Å²) in [6, 6.07) is 23.4. The van der Waals surface area contributed by atoms with Gasteiger partial charge in [0, 0.05) is 16.8 Å². The van der Waals surface area contributed by atoms with Gasteiger partial charge in [-0.25, -0.2) is 0 Å². The molecular weight excluding hydrogens is 496 g/mol. The number of carbonyl (C=O) groups is 1. The molecule has 3 aromatic carbocycles. The number of allylic oxidation sites excluding steroid dienone is 1. The van der Waals surface area contributed by atoms with E-state index in [9.17, 15) is 9.59 Å². The van der Waals surface area contributed by atoms with Crippen LogP contribution in [-0.2, 0) is 6.42 Å². The largest absolute Gasteiger partial charge is 0.494 e. The Hall–Kier alpha value is -4.38. The van der Waals surface area contributed by atoms with Crippen molar-refractivity contribution < 1.29 is 9.53 Å². The Bertz CT molecular complexity index is 1510. The fourth-order valence-electron chi connectivity index (χ4n) is 4.83. The van der Waals surface area contributed by atoms with E-state index in [2.05, 4.69) is 41.5 Å². The Kier molecular flexibility index (Phi) is 9.74. The molecule has 5 nitrogen and oxygen atoms in total. The van der Waals surface area contributed by atoms with Gasteiger partial charge in [-0.05, 0) is 74.6 Å². The first-order valence-corrected chi connectivity index (χ1v) is 14.1. The van der Waals surface area contributed by atoms with Gasteiger partial charge in [-0.3, -0.25) is 9.59 Å². The molecule has 1 aromatic heterocycles. The molecule has 0 atom stereocenters. The van der Waals surface area contributed by atoms with Gasteiger partial charge in [-0.2, -0.15) is 0 Å². The molecule has 0 saturated carbocycles. The van der Waals surface area contributed by atoms with Crippen LogP contribution < -0.4 is 15.6 Å². The standard InChI is InChI=1S/C35H38N2O3/c1-5-8-9-11-25-14-18-27(19-15-25)33-30(10-6-2)31(26-16-12-24(4)13-17-26)32(35(39)37-33)34(38)36-28-20-22-29(23-21-28)40-7-3/h6,10,12-23H,5,7-9,11H2,1-4H3,(H,36,38)(H,37,39). The topological polar surface area (TPSA) is 71.2 Å². The first kappa shape index (κ1) is 28.6. The van der Waals surface area contributed by atoms with Gasteiger partial charge in [0.1, 0.15) is 11.3 Å². The Balaban J connectivity index is 1.83. The van der Waals surface area contributed by atoms with E-state index in [1.807, 2.05) is 57.2 Å². The molecule has 0 bridgehead atoms. The lowest BCUT2D eigenvalue weighted by molar-refractivity contribution is 0.102. The Morgan fingerprint density at radius 3 is 2.20 bits per heavy atom. The molecule has 1 heterocycles. The third-order valence-corrected chi connectivity index (χ3v) is 6.89. The molecule has 0 unspecified atom stereocenters. The second kappa shape index (κ2) is 13.6. The van der Waals surface area contributed by atoms with E-state index >= 15 is 0 Å². The van der Waals surface area contributed by atoms with Gasteiger partial charge in [-0.15, -0.1) is 0 Å². The van der Waals surface area contributed by atoms with Crippen molar-refractivity contribution in [3.05, 3.63) is 111 Å². The van der Waals surface area contributed by atoms with E-state index in [0.717, 1.165) is 40.8 Å². The highest BCUT2D eigenvalue weighted by atomic mass is 16.5. The number of anilines is 1. The van der Waals surface area contributed by atoms with Gasteiger partial charge >= 0.3 is 0 Å². The number of rotatable bonds is 11. The zero-order valence-electron chi connectivity index (χ0n) is 23.8. The van der Waals surface area contributed by atoms with Crippen LogP contribution in [0.15, 0.2) is 83.7 Å².